The van der Waals surface area contributed by atoms with Crippen molar-refractivity contribution in [1.82, 2.24) is 10.3 Å². The summed E-state index contributed by atoms with van der Waals surface area (Å²) in [5, 5.41) is 4.08. The van der Waals surface area contributed by atoms with Crippen LogP contribution in [0.3, 0.4) is 0 Å². The van der Waals surface area contributed by atoms with Gasteiger partial charge >= 0.3 is 0 Å². The van der Waals surface area contributed by atoms with E-state index in [1.54, 1.807) is 13.3 Å². The van der Waals surface area contributed by atoms with Crippen LogP contribution in [0.4, 0.5) is 0 Å². The topological polar surface area (TPSA) is 44.7 Å². The van der Waals surface area contributed by atoms with E-state index in [4.69, 9.17) is 0 Å². The predicted octanol–water partition coefficient (Wildman–Crippen LogP) is 2.80. The highest BCUT2D eigenvalue weighted by molar-refractivity contribution is 6.06. The van der Waals surface area contributed by atoms with Gasteiger partial charge in [0.15, 0.2) is 0 Å². The van der Waals surface area contributed by atoms with Gasteiger partial charge in [-0.25, -0.2) is 0 Å². The minimum absolute atomic E-state index is 0.153. The third-order valence-corrected chi connectivity index (χ3v) is 4.11. The Labute approximate surface area is 127 Å². The molecule has 0 aromatic rings. The average Bonchev–Trinajstić information content (AvgIpc) is 2.83. The number of allylic oxidation sites excluding steroid dienone is 3. The highest BCUT2D eigenvalue weighted by Crippen LogP contribution is 2.29. The second-order valence-electron chi connectivity index (χ2n) is 5.53. The number of nitrogens with one attached hydrogen (secondary N) is 1. The lowest BCUT2D eigenvalue weighted by Gasteiger charge is -2.31. The van der Waals surface area contributed by atoms with Gasteiger partial charge in [0.1, 0.15) is 0 Å². The highest BCUT2D eigenvalue weighted by atomic mass is 16.2. The summed E-state index contributed by atoms with van der Waals surface area (Å²) >= 11 is 0. The van der Waals surface area contributed by atoms with Crippen molar-refractivity contribution < 1.29 is 4.79 Å². The van der Waals surface area contributed by atoms with E-state index in [1.807, 2.05) is 36.1 Å². The fourth-order valence-corrected chi connectivity index (χ4v) is 3.01. The molecular weight excluding hydrogens is 262 g/mol. The summed E-state index contributed by atoms with van der Waals surface area (Å²) in [5.74, 6) is 0.153. The summed E-state index contributed by atoms with van der Waals surface area (Å²) in [5.41, 5.74) is 4.54. The van der Waals surface area contributed by atoms with Crippen LogP contribution in [0.2, 0.25) is 0 Å². The molecule has 0 aromatic carbocycles. The summed E-state index contributed by atoms with van der Waals surface area (Å²) < 4.78 is 0. The highest BCUT2D eigenvalue weighted by Gasteiger charge is 2.33. The van der Waals surface area contributed by atoms with Gasteiger partial charge in [0.05, 0.1) is 6.21 Å². The molecule has 1 fully saturated rings. The first-order valence-electron chi connectivity index (χ1n) is 7.81. The van der Waals surface area contributed by atoms with E-state index in [1.165, 1.54) is 19.3 Å². The number of carbonyl (C=O) groups excluding carboxylic acids is 1. The summed E-state index contributed by atoms with van der Waals surface area (Å²) in [6.45, 7) is 2.65. The van der Waals surface area contributed by atoms with Crippen molar-refractivity contribution in [3.8, 4) is 0 Å². The van der Waals surface area contributed by atoms with Gasteiger partial charge in [-0.1, -0.05) is 37.5 Å². The summed E-state index contributed by atoms with van der Waals surface area (Å²) in [4.78, 5) is 14.7. The van der Waals surface area contributed by atoms with Crippen molar-refractivity contribution in [3.63, 3.8) is 0 Å². The van der Waals surface area contributed by atoms with E-state index in [0.29, 0.717) is 12.6 Å². The maximum Gasteiger partial charge on any atom is 0.254 e. The second-order valence-corrected chi connectivity index (χ2v) is 5.53. The van der Waals surface area contributed by atoms with Gasteiger partial charge in [0, 0.05) is 30.8 Å². The van der Waals surface area contributed by atoms with Crippen LogP contribution in [-0.2, 0) is 4.79 Å². The Kier molecular flexibility index (Phi) is 5.78. The predicted molar refractivity (Wildman–Crippen MR) is 87.1 cm³/mol. The molecule has 0 spiro atoms. The van der Waals surface area contributed by atoms with E-state index >= 15 is 0 Å². The minimum Gasteiger partial charge on any atom is -0.331 e. The molecule has 114 valence electrons. The molecule has 1 amide bonds. The van der Waals surface area contributed by atoms with E-state index in [2.05, 4.69) is 10.5 Å². The summed E-state index contributed by atoms with van der Waals surface area (Å²) in [7, 11) is 1.77. The maximum atomic E-state index is 12.7. The standard InChI is InChI=1S/C17H25N3O/c1-3-4-6-11-16-14(12-19-18-2)13-20(17(16)21)15-9-7-5-8-10-15/h3-4,6,11-12,15,18H,5,7-10,13H2,1-2H3/b4-3+,11-6-,19-12-. The van der Waals surface area contributed by atoms with Crippen molar-refractivity contribution in [3.05, 3.63) is 35.5 Å². The Morgan fingerprint density at radius 1 is 1.24 bits per heavy atom. The first kappa shape index (κ1) is 15.5. The zero-order chi connectivity index (χ0) is 15.1. The van der Waals surface area contributed by atoms with E-state index in [0.717, 1.165) is 24.0 Å². The SMILES string of the molecule is C/C=C/C=C\C1=C(/C=N\NC)CN(C2CCCCC2)C1=O. The van der Waals surface area contributed by atoms with Crippen LogP contribution in [0, 0.1) is 0 Å². The summed E-state index contributed by atoms with van der Waals surface area (Å²) in [6.07, 6.45) is 15.5. The van der Waals surface area contributed by atoms with Gasteiger partial charge in [0.2, 0.25) is 0 Å². The van der Waals surface area contributed by atoms with Gasteiger partial charge < -0.3 is 10.3 Å². The van der Waals surface area contributed by atoms with Gasteiger partial charge in [-0.3, -0.25) is 4.79 Å². The zero-order valence-corrected chi connectivity index (χ0v) is 13.0. The molecule has 0 aromatic heterocycles. The molecule has 1 saturated carbocycles. The normalized spacial score (nSPS) is 21.6. The molecule has 4 nitrogen and oxygen atoms in total. The van der Waals surface area contributed by atoms with Gasteiger partial charge in [-0.05, 0) is 25.8 Å². The Morgan fingerprint density at radius 2 is 2.00 bits per heavy atom. The molecular formula is C17H25N3O. The zero-order valence-electron chi connectivity index (χ0n) is 13.0. The molecule has 2 rings (SSSR count). The van der Waals surface area contributed by atoms with Crippen LogP contribution in [0.1, 0.15) is 39.0 Å². The van der Waals surface area contributed by atoms with Crippen LogP contribution >= 0.6 is 0 Å². The van der Waals surface area contributed by atoms with Crippen molar-refractivity contribution in [1.29, 1.82) is 0 Å². The van der Waals surface area contributed by atoms with Crippen LogP contribution in [0.25, 0.3) is 0 Å². The third kappa shape index (κ3) is 3.84. The Hall–Kier alpha value is -1.84. The molecule has 4 heteroatoms. The van der Waals surface area contributed by atoms with Gasteiger partial charge in [-0.15, -0.1) is 0 Å². The molecule has 1 aliphatic carbocycles. The second kappa shape index (κ2) is 7.81. The number of amides is 1. The van der Waals surface area contributed by atoms with Crippen LogP contribution < -0.4 is 5.43 Å². The average molecular weight is 287 g/mol. The van der Waals surface area contributed by atoms with Gasteiger partial charge in [-0.2, -0.15) is 5.10 Å². The largest absolute Gasteiger partial charge is 0.331 e. The number of carbonyl (C=O) groups is 1. The van der Waals surface area contributed by atoms with Crippen molar-refractivity contribution in [2.75, 3.05) is 13.6 Å². The molecule has 1 aliphatic heterocycles. The monoisotopic (exact) mass is 287 g/mol. The number of hydrazone groups is 1. The molecule has 1 heterocycles. The van der Waals surface area contributed by atoms with E-state index in [-0.39, 0.29) is 5.91 Å². The van der Waals surface area contributed by atoms with Crippen molar-refractivity contribution in [2.45, 2.75) is 45.1 Å². The van der Waals surface area contributed by atoms with Crippen LogP contribution in [0.5, 0.6) is 0 Å². The number of nitrogens with zero attached hydrogens (tertiary/aromatic N) is 2. The Morgan fingerprint density at radius 3 is 2.67 bits per heavy atom. The maximum absolute atomic E-state index is 12.7. The van der Waals surface area contributed by atoms with Crippen LogP contribution in [-0.4, -0.2) is 36.7 Å². The lowest BCUT2D eigenvalue weighted by atomic mass is 9.94. The molecule has 1 N–H and O–H groups in total. The van der Waals surface area contributed by atoms with Gasteiger partial charge in [0.25, 0.3) is 5.91 Å². The lowest BCUT2D eigenvalue weighted by molar-refractivity contribution is -0.127. The van der Waals surface area contributed by atoms with Crippen LogP contribution in [0.15, 0.2) is 40.6 Å². The molecule has 0 bridgehead atoms. The lowest BCUT2D eigenvalue weighted by Crippen LogP contribution is -2.39. The summed E-state index contributed by atoms with van der Waals surface area (Å²) in [6, 6.07) is 0.400. The fourth-order valence-electron chi connectivity index (χ4n) is 3.01. The quantitative estimate of drug-likeness (QED) is 0.480. The Balaban J connectivity index is 2.18. The number of rotatable bonds is 5. The van der Waals surface area contributed by atoms with Crippen molar-refractivity contribution >= 4 is 12.1 Å². The molecule has 0 unspecified atom stereocenters. The first-order chi connectivity index (χ1) is 10.3. The van der Waals surface area contributed by atoms with Crippen molar-refractivity contribution in [2.24, 2.45) is 5.10 Å². The number of hydrogen-bond acceptors (Lipinski definition) is 3. The fraction of sp³-hybridized carbons (Fsp3) is 0.529. The van der Waals surface area contributed by atoms with E-state index < -0.39 is 0 Å². The van der Waals surface area contributed by atoms with E-state index in [9.17, 15) is 4.79 Å². The molecule has 21 heavy (non-hydrogen) atoms. The molecule has 2 aliphatic rings. The molecule has 0 radical (unpaired) electrons. The smallest absolute Gasteiger partial charge is 0.254 e. The minimum atomic E-state index is 0.153. The first-order valence-corrected chi connectivity index (χ1v) is 7.81. The molecule has 0 saturated heterocycles. The number of hydrogen-bond donors (Lipinski definition) is 1. The molecule has 0 atom stereocenters. The third-order valence-electron chi connectivity index (χ3n) is 4.11. The Bertz CT molecular complexity index is 482.